The Balaban J connectivity index is 0.000000437. The zero-order chi connectivity index (χ0) is 13.6. The number of nitro benzene ring substituents is 1. The quantitative estimate of drug-likeness (QED) is 0.341. The molecule has 0 amide bonds. The third-order valence-corrected chi connectivity index (χ3v) is 1.37. The van der Waals surface area contributed by atoms with Crippen molar-refractivity contribution in [2.24, 2.45) is 0 Å². The van der Waals surface area contributed by atoms with Gasteiger partial charge in [-0.05, 0) is 6.07 Å². The largest absolute Gasteiger partial charge is 0.504 e. The van der Waals surface area contributed by atoms with Gasteiger partial charge in [0.25, 0.3) is 5.69 Å². The molecule has 0 radical (unpaired) electrons. The van der Waals surface area contributed by atoms with Crippen molar-refractivity contribution in [3.63, 3.8) is 0 Å². The van der Waals surface area contributed by atoms with Crippen LogP contribution in [0, 0.1) is 10.1 Å². The highest BCUT2D eigenvalue weighted by Crippen LogP contribution is 2.29. The average Bonchev–Trinajstić information content (AvgIpc) is 2.14. The highest BCUT2D eigenvalue weighted by molar-refractivity contribution is 7.45. The third-order valence-electron chi connectivity index (χ3n) is 1.37. The fourth-order valence-corrected chi connectivity index (χ4v) is 0.792. The van der Waals surface area contributed by atoms with Crippen molar-refractivity contribution in [1.29, 1.82) is 0 Å². The predicted octanol–water partition coefficient (Wildman–Crippen LogP) is 0.380. The van der Waals surface area contributed by atoms with Crippen LogP contribution in [0.15, 0.2) is 18.2 Å². The summed E-state index contributed by atoms with van der Waals surface area (Å²) in [6, 6.07) is 3.64. The summed E-state index contributed by atoms with van der Waals surface area (Å²) in [5.74, 6) is -0.00713. The average molecular weight is 267 g/mol. The first-order valence-electron chi connectivity index (χ1n) is 3.95. The normalized spacial score (nSPS) is 10.1. The molecule has 1 aromatic rings. The summed E-state index contributed by atoms with van der Waals surface area (Å²) in [6.45, 7) is 0. The highest BCUT2D eigenvalue weighted by Gasteiger charge is 2.09. The van der Waals surface area contributed by atoms with E-state index in [2.05, 4.69) is 0 Å². The van der Waals surface area contributed by atoms with Gasteiger partial charge in [0.2, 0.25) is 0 Å². The van der Waals surface area contributed by atoms with Gasteiger partial charge in [-0.15, -0.1) is 0 Å². The first-order valence-corrected chi connectivity index (χ1v) is 5.51. The number of phosphoric acid groups is 1. The highest BCUT2D eigenvalue weighted by atomic mass is 31.2. The Hall–Kier alpha value is -1.67. The number of non-ortho nitro benzene ring substituents is 1. The minimum absolute atomic E-state index is 0.159. The predicted molar refractivity (Wildman–Crippen MR) is 55.6 cm³/mol. The van der Waals surface area contributed by atoms with Crippen LogP contribution in [0.5, 0.6) is 11.5 Å². The third kappa shape index (κ3) is 7.25. The fraction of sp³-hybridized carbons (Fsp3) is 0.143. The number of nitro groups is 1. The van der Waals surface area contributed by atoms with Gasteiger partial charge in [0.05, 0.1) is 18.1 Å². The lowest BCUT2D eigenvalue weighted by Gasteiger charge is -2.00. The molecule has 0 heterocycles. The SMILES string of the molecule is COc1ccc([N+](=O)[O-])cc1O.O=P(O)(O)O. The van der Waals surface area contributed by atoms with Crippen LogP contribution in [-0.2, 0) is 4.57 Å². The van der Waals surface area contributed by atoms with Crippen molar-refractivity contribution < 1.29 is 34.0 Å². The Morgan fingerprint density at radius 3 is 2.12 bits per heavy atom. The Morgan fingerprint density at radius 1 is 1.35 bits per heavy atom. The first-order chi connectivity index (χ1) is 7.65. The molecule has 0 aromatic heterocycles. The molecule has 1 aromatic carbocycles. The summed E-state index contributed by atoms with van der Waals surface area (Å²) < 4.78 is 13.6. The zero-order valence-electron chi connectivity index (χ0n) is 8.55. The van der Waals surface area contributed by atoms with Crippen LogP contribution in [0.3, 0.4) is 0 Å². The second-order valence-corrected chi connectivity index (χ2v) is 3.65. The molecule has 96 valence electrons. The van der Waals surface area contributed by atoms with E-state index in [0.717, 1.165) is 6.07 Å². The Bertz CT molecular complexity index is 433. The maximum atomic E-state index is 10.2. The smallest absolute Gasteiger partial charge is 0.466 e. The number of rotatable bonds is 2. The molecule has 4 N–H and O–H groups in total. The molecule has 10 heteroatoms. The number of phenolic OH excluding ortho intramolecular Hbond substituents is 1. The molecule has 0 bridgehead atoms. The number of ether oxygens (including phenoxy) is 1. The van der Waals surface area contributed by atoms with E-state index in [1.165, 1.54) is 19.2 Å². The van der Waals surface area contributed by atoms with Crippen LogP contribution in [0.1, 0.15) is 0 Å². The van der Waals surface area contributed by atoms with Gasteiger partial charge in [0.15, 0.2) is 11.5 Å². The number of hydrogen-bond acceptors (Lipinski definition) is 5. The Morgan fingerprint density at radius 2 is 1.82 bits per heavy atom. The van der Waals surface area contributed by atoms with Crippen LogP contribution < -0.4 is 4.74 Å². The van der Waals surface area contributed by atoms with Crippen molar-refractivity contribution in [2.75, 3.05) is 7.11 Å². The summed E-state index contributed by atoms with van der Waals surface area (Å²) >= 11 is 0. The minimum Gasteiger partial charge on any atom is -0.504 e. The molecule has 0 aliphatic rings. The van der Waals surface area contributed by atoms with Crippen molar-refractivity contribution in [1.82, 2.24) is 0 Å². The van der Waals surface area contributed by atoms with E-state index < -0.39 is 12.7 Å². The van der Waals surface area contributed by atoms with Gasteiger partial charge in [0, 0.05) is 6.07 Å². The number of nitrogens with zero attached hydrogens (tertiary/aromatic N) is 1. The van der Waals surface area contributed by atoms with Crippen LogP contribution >= 0.6 is 7.82 Å². The maximum Gasteiger partial charge on any atom is 0.466 e. The van der Waals surface area contributed by atoms with Crippen LogP contribution in [0.25, 0.3) is 0 Å². The standard InChI is InChI=1S/C7H7NO4.H3O4P/c1-12-7-3-2-5(8(10)11)4-6(7)9;1-5(2,3)4/h2-4,9H,1H3;(H3,1,2,3,4). The van der Waals surface area contributed by atoms with Gasteiger partial charge in [0.1, 0.15) is 0 Å². The summed E-state index contributed by atoms with van der Waals surface area (Å²) in [6.07, 6.45) is 0. The number of benzene rings is 1. The van der Waals surface area contributed by atoms with Crippen molar-refractivity contribution in [3.8, 4) is 11.5 Å². The van der Waals surface area contributed by atoms with E-state index in [0.29, 0.717) is 0 Å². The fourth-order valence-electron chi connectivity index (χ4n) is 0.792. The van der Waals surface area contributed by atoms with Crippen molar-refractivity contribution >= 4 is 13.5 Å². The van der Waals surface area contributed by atoms with Gasteiger partial charge >= 0.3 is 7.82 Å². The summed E-state index contributed by atoms with van der Waals surface area (Å²) in [5.41, 5.74) is -0.159. The van der Waals surface area contributed by atoms with E-state index in [-0.39, 0.29) is 17.2 Å². The van der Waals surface area contributed by atoms with Gasteiger partial charge < -0.3 is 24.5 Å². The molecule has 0 fully saturated rings. The molecule has 17 heavy (non-hydrogen) atoms. The lowest BCUT2D eigenvalue weighted by atomic mass is 10.3. The summed E-state index contributed by atoms with van der Waals surface area (Å²) in [5, 5.41) is 19.3. The van der Waals surface area contributed by atoms with Gasteiger partial charge in [-0.2, -0.15) is 0 Å². The van der Waals surface area contributed by atoms with Crippen molar-refractivity contribution in [2.45, 2.75) is 0 Å². The van der Waals surface area contributed by atoms with Crippen LogP contribution in [0.4, 0.5) is 5.69 Å². The zero-order valence-corrected chi connectivity index (χ0v) is 9.44. The molecule has 0 atom stereocenters. The second-order valence-electron chi connectivity index (χ2n) is 2.63. The van der Waals surface area contributed by atoms with E-state index in [1.54, 1.807) is 0 Å². The van der Waals surface area contributed by atoms with Gasteiger partial charge in [-0.25, -0.2) is 4.57 Å². The van der Waals surface area contributed by atoms with E-state index in [9.17, 15) is 10.1 Å². The Labute approximate surface area is 95.3 Å². The molecule has 0 aliphatic carbocycles. The molecular weight excluding hydrogens is 257 g/mol. The molecule has 1 rings (SSSR count). The summed E-state index contributed by atoms with van der Waals surface area (Å²) in [7, 11) is -3.26. The monoisotopic (exact) mass is 267 g/mol. The number of methoxy groups -OCH3 is 1. The van der Waals surface area contributed by atoms with Crippen molar-refractivity contribution in [3.05, 3.63) is 28.3 Å². The minimum atomic E-state index is -4.64. The van der Waals surface area contributed by atoms with Gasteiger partial charge in [-0.3, -0.25) is 10.1 Å². The lowest BCUT2D eigenvalue weighted by molar-refractivity contribution is -0.385. The molecular formula is C7H10NO8P. The van der Waals surface area contributed by atoms with Crippen LogP contribution in [-0.4, -0.2) is 31.8 Å². The molecule has 0 saturated heterocycles. The second kappa shape index (κ2) is 6.16. The number of phenols is 1. The molecule has 0 spiro atoms. The summed E-state index contributed by atoms with van der Waals surface area (Å²) in [4.78, 5) is 31.2. The molecule has 9 nitrogen and oxygen atoms in total. The van der Waals surface area contributed by atoms with Gasteiger partial charge in [-0.1, -0.05) is 0 Å². The molecule has 0 unspecified atom stereocenters. The first kappa shape index (κ1) is 15.3. The van der Waals surface area contributed by atoms with E-state index in [4.69, 9.17) is 29.1 Å². The topological polar surface area (TPSA) is 150 Å². The molecule has 0 aliphatic heterocycles. The maximum absolute atomic E-state index is 10.2. The van der Waals surface area contributed by atoms with E-state index in [1.807, 2.05) is 0 Å². The Kier molecular flexibility index (Phi) is 5.56. The molecule has 0 saturated carbocycles. The lowest BCUT2D eigenvalue weighted by Crippen LogP contribution is -1.88. The number of hydrogen-bond donors (Lipinski definition) is 4. The van der Waals surface area contributed by atoms with Crippen LogP contribution in [0.2, 0.25) is 0 Å². The van der Waals surface area contributed by atoms with E-state index >= 15 is 0 Å². The number of aromatic hydroxyl groups is 1.